The van der Waals surface area contributed by atoms with Crippen molar-refractivity contribution in [3.63, 3.8) is 0 Å². The lowest BCUT2D eigenvalue weighted by Gasteiger charge is -2.34. The zero-order valence-corrected chi connectivity index (χ0v) is 7.57. The van der Waals surface area contributed by atoms with E-state index in [0.717, 1.165) is 0 Å². The number of hydrogen-bond donors (Lipinski definition) is 1. The van der Waals surface area contributed by atoms with Gasteiger partial charge >= 0.3 is 13.1 Å². The summed E-state index contributed by atoms with van der Waals surface area (Å²) < 4.78 is 9.94. The molecule has 1 aliphatic rings. The van der Waals surface area contributed by atoms with Crippen molar-refractivity contribution >= 4 is 19.1 Å². The fraction of sp³-hybridized carbons (Fsp3) is 0.714. The molecule has 0 aliphatic carbocycles. The van der Waals surface area contributed by atoms with E-state index >= 15 is 0 Å². The van der Waals surface area contributed by atoms with E-state index in [0.29, 0.717) is 0 Å². The Morgan fingerprint density at radius 2 is 2.38 bits per heavy atom. The standard InChI is InChI=1S/C7H11BO5/c1-7(3-5(9)10)4-6(11)12-8(2)13-7/h3-4H2,1-2H3,(H,9,10). The lowest BCUT2D eigenvalue weighted by Crippen LogP contribution is -2.46. The number of carbonyl (C=O) groups excluding carboxylic acids is 1. The Morgan fingerprint density at radius 3 is 2.85 bits per heavy atom. The summed E-state index contributed by atoms with van der Waals surface area (Å²) in [6.45, 7) is 3.16. The van der Waals surface area contributed by atoms with E-state index in [4.69, 9.17) is 14.4 Å². The SMILES string of the molecule is CB1OC(=O)CC(C)(CC(=O)O)O1. The molecule has 6 heteroatoms. The molecule has 1 heterocycles. The predicted octanol–water partition coefficient (Wildman–Crippen LogP) is 0.301. The fourth-order valence-electron chi connectivity index (χ4n) is 1.42. The van der Waals surface area contributed by atoms with Crippen molar-refractivity contribution in [2.45, 2.75) is 32.2 Å². The average molecular weight is 186 g/mol. The van der Waals surface area contributed by atoms with Crippen LogP contribution in [0.5, 0.6) is 0 Å². The highest BCUT2D eigenvalue weighted by Gasteiger charge is 2.40. The van der Waals surface area contributed by atoms with Crippen molar-refractivity contribution < 1.29 is 24.0 Å². The van der Waals surface area contributed by atoms with Crippen molar-refractivity contribution in [2.24, 2.45) is 0 Å². The first-order valence-electron chi connectivity index (χ1n) is 4.00. The van der Waals surface area contributed by atoms with Gasteiger partial charge in [0.15, 0.2) is 0 Å². The largest absolute Gasteiger partial charge is 0.524 e. The Morgan fingerprint density at radius 1 is 1.77 bits per heavy atom. The molecule has 13 heavy (non-hydrogen) atoms. The molecular formula is C7H11BO5. The third-order valence-corrected chi connectivity index (χ3v) is 1.79. The highest BCUT2D eigenvalue weighted by molar-refractivity contribution is 6.45. The quantitative estimate of drug-likeness (QED) is 0.627. The molecule has 0 aromatic heterocycles. The van der Waals surface area contributed by atoms with Crippen molar-refractivity contribution in [2.75, 3.05) is 0 Å². The summed E-state index contributed by atoms with van der Waals surface area (Å²) in [5, 5.41) is 8.57. The van der Waals surface area contributed by atoms with Gasteiger partial charge in [-0.25, -0.2) is 0 Å². The number of rotatable bonds is 2. The zero-order valence-electron chi connectivity index (χ0n) is 7.57. The van der Waals surface area contributed by atoms with Gasteiger partial charge in [-0.05, 0) is 13.7 Å². The molecule has 1 saturated heterocycles. The van der Waals surface area contributed by atoms with Crippen LogP contribution in [0.3, 0.4) is 0 Å². The lowest BCUT2D eigenvalue weighted by atomic mass is 9.86. The van der Waals surface area contributed by atoms with Gasteiger partial charge in [-0.3, -0.25) is 9.59 Å². The number of carbonyl (C=O) groups is 2. The smallest absolute Gasteiger partial charge is 0.510 e. The summed E-state index contributed by atoms with van der Waals surface area (Å²) in [5.41, 5.74) is -0.930. The number of aliphatic carboxylic acids is 1. The molecule has 1 fully saturated rings. The maximum Gasteiger partial charge on any atom is 0.524 e. The molecule has 0 spiro atoms. The van der Waals surface area contributed by atoms with E-state index in [1.54, 1.807) is 13.7 Å². The molecule has 0 bridgehead atoms. The fourth-order valence-corrected chi connectivity index (χ4v) is 1.42. The van der Waals surface area contributed by atoms with Gasteiger partial charge in [0.2, 0.25) is 0 Å². The zero-order chi connectivity index (χ0) is 10.1. The molecule has 0 aromatic carbocycles. The maximum absolute atomic E-state index is 11.0. The van der Waals surface area contributed by atoms with Crippen molar-refractivity contribution in [3.05, 3.63) is 0 Å². The minimum atomic E-state index is -0.982. The molecule has 0 amide bonds. The predicted molar refractivity (Wildman–Crippen MR) is 44.1 cm³/mol. The highest BCUT2D eigenvalue weighted by atomic mass is 16.6. The lowest BCUT2D eigenvalue weighted by molar-refractivity contribution is -0.152. The normalized spacial score (nSPS) is 28.5. The first-order valence-corrected chi connectivity index (χ1v) is 4.00. The molecule has 1 N–H and O–H groups in total. The highest BCUT2D eigenvalue weighted by Crippen LogP contribution is 2.26. The van der Waals surface area contributed by atoms with Gasteiger partial charge in [-0.1, -0.05) is 0 Å². The molecule has 5 nitrogen and oxygen atoms in total. The summed E-state index contributed by atoms with van der Waals surface area (Å²) in [7, 11) is -0.661. The van der Waals surface area contributed by atoms with Gasteiger partial charge in [0.05, 0.1) is 18.4 Å². The van der Waals surface area contributed by atoms with Crippen LogP contribution in [0.1, 0.15) is 19.8 Å². The van der Waals surface area contributed by atoms with Crippen molar-refractivity contribution in [1.29, 1.82) is 0 Å². The summed E-state index contributed by atoms with van der Waals surface area (Å²) in [5.74, 6) is -1.40. The van der Waals surface area contributed by atoms with E-state index < -0.39 is 24.7 Å². The molecule has 0 radical (unpaired) electrons. The second-order valence-electron chi connectivity index (χ2n) is 3.37. The minimum absolute atomic E-state index is 0.0103. The second kappa shape index (κ2) is 3.37. The van der Waals surface area contributed by atoms with Crippen LogP contribution in [0.4, 0.5) is 0 Å². The summed E-state index contributed by atoms with van der Waals surface area (Å²) in [4.78, 5) is 21.4. The Bertz CT molecular complexity index is 237. The molecular weight excluding hydrogens is 175 g/mol. The monoisotopic (exact) mass is 186 g/mol. The molecule has 1 aliphatic heterocycles. The van der Waals surface area contributed by atoms with Crippen LogP contribution in [0, 0.1) is 0 Å². The molecule has 72 valence electrons. The van der Waals surface area contributed by atoms with Crippen molar-refractivity contribution in [3.8, 4) is 0 Å². The summed E-state index contributed by atoms with van der Waals surface area (Å²) >= 11 is 0. The molecule has 0 aromatic rings. The first-order chi connectivity index (χ1) is 5.91. The van der Waals surface area contributed by atoms with E-state index in [9.17, 15) is 9.59 Å². The molecule has 1 rings (SSSR count). The van der Waals surface area contributed by atoms with Crippen LogP contribution in [0.2, 0.25) is 6.82 Å². The Hall–Kier alpha value is -1.04. The van der Waals surface area contributed by atoms with Gasteiger partial charge in [0.1, 0.15) is 0 Å². The number of carboxylic acids is 1. The second-order valence-corrected chi connectivity index (χ2v) is 3.37. The Kier molecular flexibility index (Phi) is 2.61. The minimum Gasteiger partial charge on any atom is -0.510 e. The molecule has 1 atom stereocenters. The molecule has 0 saturated carbocycles. The van der Waals surface area contributed by atoms with Crippen LogP contribution >= 0.6 is 0 Å². The topological polar surface area (TPSA) is 72.8 Å². The van der Waals surface area contributed by atoms with E-state index in [-0.39, 0.29) is 12.8 Å². The van der Waals surface area contributed by atoms with E-state index in [1.165, 1.54) is 0 Å². The van der Waals surface area contributed by atoms with Gasteiger partial charge in [-0.2, -0.15) is 0 Å². The third kappa shape index (κ3) is 2.73. The van der Waals surface area contributed by atoms with Crippen LogP contribution in [-0.4, -0.2) is 29.8 Å². The summed E-state index contributed by atoms with van der Waals surface area (Å²) in [6.07, 6.45) is -0.198. The Balaban J connectivity index is 2.66. The van der Waals surface area contributed by atoms with Crippen LogP contribution in [0.25, 0.3) is 0 Å². The van der Waals surface area contributed by atoms with Gasteiger partial charge < -0.3 is 14.4 Å². The van der Waals surface area contributed by atoms with Crippen molar-refractivity contribution in [1.82, 2.24) is 0 Å². The van der Waals surface area contributed by atoms with Crippen LogP contribution in [-0.2, 0) is 18.9 Å². The summed E-state index contributed by atoms with van der Waals surface area (Å²) in [6, 6.07) is 0. The third-order valence-electron chi connectivity index (χ3n) is 1.79. The van der Waals surface area contributed by atoms with Crippen LogP contribution in [0.15, 0.2) is 0 Å². The number of hydrogen-bond acceptors (Lipinski definition) is 4. The maximum atomic E-state index is 11.0. The van der Waals surface area contributed by atoms with Gasteiger partial charge in [0.25, 0.3) is 5.97 Å². The molecule has 1 unspecified atom stereocenters. The van der Waals surface area contributed by atoms with Gasteiger partial charge in [0, 0.05) is 0 Å². The van der Waals surface area contributed by atoms with E-state index in [2.05, 4.69) is 0 Å². The number of carboxylic acid groups (broad SMARTS) is 1. The average Bonchev–Trinajstić information content (AvgIpc) is 1.77. The first kappa shape index (κ1) is 10.0. The Labute approximate surface area is 76.2 Å². The van der Waals surface area contributed by atoms with Gasteiger partial charge in [-0.15, -0.1) is 0 Å². The van der Waals surface area contributed by atoms with E-state index in [1.807, 2.05) is 0 Å². The van der Waals surface area contributed by atoms with Crippen LogP contribution < -0.4 is 0 Å².